The molecule has 0 saturated carbocycles. The molecule has 0 atom stereocenters. The number of esters is 1. The average Bonchev–Trinajstić information content (AvgIpc) is 3.12. The number of anilines is 1. The number of aryl methyl sites for hydroxylation is 1. The molecule has 29 heavy (non-hydrogen) atoms. The van der Waals surface area contributed by atoms with Crippen LogP contribution in [0.4, 0.5) is 14.5 Å². The molecule has 2 aromatic carbocycles. The van der Waals surface area contributed by atoms with Crippen molar-refractivity contribution in [3.05, 3.63) is 58.6 Å². The van der Waals surface area contributed by atoms with Crippen LogP contribution in [0.25, 0.3) is 10.2 Å². The Hall–Kier alpha value is -2.87. The zero-order valence-electron chi connectivity index (χ0n) is 16.1. The summed E-state index contributed by atoms with van der Waals surface area (Å²) in [6.07, 6.45) is -0.0602. The van der Waals surface area contributed by atoms with Crippen LogP contribution in [-0.2, 0) is 20.9 Å². The van der Waals surface area contributed by atoms with Crippen molar-refractivity contribution < 1.29 is 23.1 Å². The SMILES string of the molecule is CCOC(=O)CCC(=O)N(Cc1nc2c(F)c(F)ccc2s1)c1ccc(C)cc1. The minimum atomic E-state index is -1.000. The van der Waals surface area contributed by atoms with Gasteiger partial charge >= 0.3 is 5.97 Å². The molecule has 0 bridgehead atoms. The van der Waals surface area contributed by atoms with E-state index in [2.05, 4.69) is 4.98 Å². The van der Waals surface area contributed by atoms with Crippen LogP contribution in [0.5, 0.6) is 0 Å². The topological polar surface area (TPSA) is 59.5 Å². The van der Waals surface area contributed by atoms with Gasteiger partial charge in [0, 0.05) is 12.1 Å². The Balaban J connectivity index is 1.87. The molecule has 0 unspecified atom stereocenters. The smallest absolute Gasteiger partial charge is 0.306 e. The van der Waals surface area contributed by atoms with E-state index in [4.69, 9.17) is 4.74 Å². The second-order valence-electron chi connectivity index (χ2n) is 6.44. The van der Waals surface area contributed by atoms with E-state index in [9.17, 15) is 18.4 Å². The van der Waals surface area contributed by atoms with Gasteiger partial charge in [0.15, 0.2) is 11.6 Å². The number of rotatable bonds is 7. The molecule has 0 saturated heterocycles. The van der Waals surface area contributed by atoms with E-state index in [1.165, 1.54) is 22.3 Å². The van der Waals surface area contributed by atoms with Crippen LogP contribution < -0.4 is 4.90 Å². The third-order valence-electron chi connectivity index (χ3n) is 4.28. The number of amides is 1. The number of carbonyl (C=O) groups excluding carboxylic acids is 2. The standard InChI is InChI=1S/C21H20F2N2O3S/c1-3-28-19(27)11-10-18(26)25(14-6-4-13(2)5-7-14)12-17-24-21-16(29-17)9-8-15(22)20(21)23/h4-9H,3,10-12H2,1-2H3. The number of hydrogen-bond donors (Lipinski definition) is 0. The average molecular weight is 418 g/mol. The van der Waals surface area contributed by atoms with Crippen molar-refractivity contribution in [2.75, 3.05) is 11.5 Å². The van der Waals surface area contributed by atoms with Gasteiger partial charge in [-0.3, -0.25) is 9.59 Å². The molecule has 0 aliphatic rings. The number of benzene rings is 2. The Kier molecular flexibility index (Phi) is 6.53. The second kappa shape index (κ2) is 9.09. The molecular weight excluding hydrogens is 398 g/mol. The number of hydrogen-bond acceptors (Lipinski definition) is 5. The molecule has 0 aliphatic heterocycles. The van der Waals surface area contributed by atoms with E-state index in [0.717, 1.165) is 11.6 Å². The zero-order chi connectivity index (χ0) is 21.0. The van der Waals surface area contributed by atoms with Crippen molar-refractivity contribution >= 4 is 39.1 Å². The monoisotopic (exact) mass is 418 g/mol. The highest BCUT2D eigenvalue weighted by Gasteiger charge is 2.21. The highest BCUT2D eigenvalue weighted by atomic mass is 32.1. The first-order chi connectivity index (χ1) is 13.9. The molecule has 0 spiro atoms. The minimum absolute atomic E-state index is 0.0272. The van der Waals surface area contributed by atoms with Crippen LogP contribution in [0.1, 0.15) is 30.3 Å². The van der Waals surface area contributed by atoms with Gasteiger partial charge in [0.25, 0.3) is 0 Å². The second-order valence-corrected chi connectivity index (χ2v) is 7.55. The van der Waals surface area contributed by atoms with Crippen LogP contribution in [0.3, 0.4) is 0 Å². The number of nitrogens with zero attached hydrogens (tertiary/aromatic N) is 2. The fourth-order valence-electron chi connectivity index (χ4n) is 2.81. The molecule has 0 aliphatic carbocycles. The highest BCUT2D eigenvalue weighted by molar-refractivity contribution is 7.18. The van der Waals surface area contributed by atoms with Gasteiger partial charge in [-0.2, -0.15) is 0 Å². The molecule has 1 heterocycles. The molecule has 0 N–H and O–H groups in total. The van der Waals surface area contributed by atoms with Gasteiger partial charge in [0.2, 0.25) is 5.91 Å². The van der Waals surface area contributed by atoms with Crippen molar-refractivity contribution in [3.8, 4) is 0 Å². The van der Waals surface area contributed by atoms with E-state index in [0.29, 0.717) is 15.4 Å². The normalized spacial score (nSPS) is 10.9. The quantitative estimate of drug-likeness (QED) is 0.519. The summed E-state index contributed by atoms with van der Waals surface area (Å²) in [5, 5.41) is 0.467. The van der Waals surface area contributed by atoms with Gasteiger partial charge in [-0.1, -0.05) is 17.7 Å². The fraction of sp³-hybridized carbons (Fsp3) is 0.286. The molecule has 1 amide bonds. The molecular formula is C21H20F2N2O3S. The van der Waals surface area contributed by atoms with E-state index in [-0.39, 0.29) is 37.4 Å². The predicted octanol–water partition coefficient (Wildman–Crippen LogP) is 4.76. The van der Waals surface area contributed by atoms with Crippen molar-refractivity contribution in [1.82, 2.24) is 4.98 Å². The van der Waals surface area contributed by atoms with E-state index in [1.54, 1.807) is 19.1 Å². The summed E-state index contributed by atoms with van der Waals surface area (Å²) >= 11 is 1.19. The molecule has 1 aromatic heterocycles. The summed E-state index contributed by atoms with van der Waals surface area (Å²) in [7, 11) is 0. The molecule has 3 rings (SSSR count). The van der Waals surface area contributed by atoms with Crippen LogP contribution in [0, 0.1) is 18.6 Å². The summed E-state index contributed by atoms with van der Waals surface area (Å²) in [6, 6.07) is 9.86. The third-order valence-corrected chi connectivity index (χ3v) is 5.29. The molecule has 152 valence electrons. The summed E-state index contributed by atoms with van der Waals surface area (Å²) in [5.41, 5.74) is 1.62. The number of fused-ring (bicyclic) bond motifs is 1. The van der Waals surface area contributed by atoms with Crippen LogP contribution in [0.2, 0.25) is 0 Å². The molecule has 0 radical (unpaired) electrons. The van der Waals surface area contributed by atoms with E-state index >= 15 is 0 Å². The lowest BCUT2D eigenvalue weighted by Crippen LogP contribution is -2.30. The molecule has 8 heteroatoms. The predicted molar refractivity (Wildman–Crippen MR) is 108 cm³/mol. The first kappa shape index (κ1) is 20.9. The maximum atomic E-state index is 14.0. The van der Waals surface area contributed by atoms with Gasteiger partial charge in [0.05, 0.1) is 24.3 Å². The number of halogens is 2. The van der Waals surface area contributed by atoms with Crippen molar-refractivity contribution in [3.63, 3.8) is 0 Å². The Bertz CT molecular complexity index is 1030. The van der Waals surface area contributed by atoms with Crippen LogP contribution in [-0.4, -0.2) is 23.5 Å². The van der Waals surface area contributed by atoms with Crippen LogP contribution >= 0.6 is 11.3 Å². The van der Waals surface area contributed by atoms with Gasteiger partial charge in [-0.25, -0.2) is 13.8 Å². The zero-order valence-corrected chi connectivity index (χ0v) is 16.9. The largest absolute Gasteiger partial charge is 0.466 e. The maximum absolute atomic E-state index is 14.0. The van der Waals surface area contributed by atoms with Gasteiger partial charge in [-0.15, -0.1) is 11.3 Å². The van der Waals surface area contributed by atoms with E-state index in [1.807, 2.05) is 19.1 Å². The fourth-order valence-corrected chi connectivity index (χ4v) is 3.76. The molecule has 5 nitrogen and oxygen atoms in total. The number of ether oxygens (including phenoxy) is 1. The minimum Gasteiger partial charge on any atom is -0.466 e. The lowest BCUT2D eigenvalue weighted by atomic mass is 10.2. The summed E-state index contributed by atoms with van der Waals surface area (Å²) in [6.45, 7) is 3.97. The lowest BCUT2D eigenvalue weighted by molar-refractivity contribution is -0.144. The summed E-state index contributed by atoms with van der Waals surface area (Å²) in [5.74, 6) is -2.69. The highest BCUT2D eigenvalue weighted by Crippen LogP contribution is 2.28. The Morgan fingerprint density at radius 2 is 1.83 bits per heavy atom. The molecule has 0 fully saturated rings. The lowest BCUT2D eigenvalue weighted by Gasteiger charge is -2.22. The Labute approximate surface area is 170 Å². The summed E-state index contributed by atoms with van der Waals surface area (Å²) in [4.78, 5) is 30.1. The van der Waals surface area contributed by atoms with E-state index < -0.39 is 17.6 Å². The van der Waals surface area contributed by atoms with Gasteiger partial charge < -0.3 is 9.64 Å². The Morgan fingerprint density at radius 3 is 2.52 bits per heavy atom. The van der Waals surface area contributed by atoms with Gasteiger partial charge in [-0.05, 0) is 38.1 Å². The number of aromatic nitrogens is 1. The number of carbonyl (C=O) groups is 2. The molecule has 3 aromatic rings. The first-order valence-corrected chi connectivity index (χ1v) is 9.96. The first-order valence-electron chi connectivity index (χ1n) is 9.15. The van der Waals surface area contributed by atoms with Crippen molar-refractivity contribution in [2.24, 2.45) is 0 Å². The number of thiazole rings is 1. The van der Waals surface area contributed by atoms with Crippen molar-refractivity contribution in [1.29, 1.82) is 0 Å². The van der Waals surface area contributed by atoms with Crippen molar-refractivity contribution in [2.45, 2.75) is 33.2 Å². The van der Waals surface area contributed by atoms with Crippen LogP contribution in [0.15, 0.2) is 36.4 Å². The summed E-state index contributed by atoms with van der Waals surface area (Å²) < 4.78 is 32.8. The van der Waals surface area contributed by atoms with Gasteiger partial charge in [0.1, 0.15) is 10.5 Å². The Morgan fingerprint density at radius 1 is 1.10 bits per heavy atom. The maximum Gasteiger partial charge on any atom is 0.306 e. The third kappa shape index (κ3) is 4.95.